The van der Waals surface area contributed by atoms with E-state index in [4.69, 9.17) is 0 Å². The van der Waals surface area contributed by atoms with Crippen molar-refractivity contribution in [1.29, 1.82) is 0 Å². The van der Waals surface area contributed by atoms with Crippen LogP contribution in [-0.4, -0.2) is 19.1 Å². The third kappa shape index (κ3) is 5.52. The largest absolute Gasteiger partial charge is 0.435 e. The lowest BCUT2D eigenvalue weighted by Crippen LogP contribution is -2.21. The third-order valence-electron chi connectivity index (χ3n) is 2.93. The number of benzene rings is 2. The quantitative estimate of drug-likeness (QED) is 0.775. The molecule has 4 nitrogen and oxygen atoms in total. The second-order valence-electron chi connectivity index (χ2n) is 4.79. The number of nitrogens with one attached hydrogen (secondary N) is 2. The van der Waals surface area contributed by atoms with Gasteiger partial charge < -0.3 is 15.4 Å². The maximum atomic E-state index is 12.0. The topological polar surface area (TPSA) is 50.4 Å². The molecule has 2 aromatic rings. The standard InChI is InChI=1S/C16H15BrF2N2O2/c1-10-2-7-14(13(17)8-10)21-15(22)9-20-11-3-5-12(6-4-11)23-16(18)19/h2-8,16,20H,9H2,1H3,(H,21,22). The first-order valence-electron chi connectivity index (χ1n) is 6.79. The van der Waals surface area contributed by atoms with Gasteiger partial charge in [0, 0.05) is 10.2 Å². The third-order valence-corrected chi connectivity index (χ3v) is 3.59. The molecule has 0 aliphatic heterocycles. The van der Waals surface area contributed by atoms with Crippen molar-refractivity contribution in [3.05, 3.63) is 52.5 Å². The van der Waals surface area contributed by atoms with E-state index in [1.807, 2.05) is 25.1 Å². The Labute approximate surface area is 141 Å². The van der Waals surface area contributed by atoms with Gasteiger partial charge in [-0.25, -0.2) is 0 Å². The lowest BCUT2D eigenvalue weighted by atomic mass is 10.2. The molecule has 2 rings (SSSR count). The molecule has 0 heterocycles. The first-order chi connectivity index (χ1) is 10.9. The molecule has 0 bridgehead atoms. The van der Waals surface area contributed by atoms with Crippen LogP contribution in [0, 0.1) is 6.92 Å². The molecule has 0 radical (unpaired) electrons. The molecule has 2 N–H and O–H groups in total. The van der Waals surface area contributed by atoms with E-state index < -0.39 is 6.61 Å². The maximum absolute atomic E-state index is 12.0. The second kappa shape index (κ2) is 7.92. The number of carbonyl (C=O) groups excluding carboxylic acids is 1. The molecule has 1 amide bonds. The summed E-state index contributed by atoms with van der Waals surface area (Å²) in [4.78, 5) is 11.9. The van der Waals surface area contributed by atoms with Gasteiger partial charge in [-0.05, 0) is 64.8 Å². The van der Waals surface area contributed by atoms with E-state index >= 15 is 0 Å². The zero-order valence-electron chi connectivity index (χ0n) is 12.3. The van der Waals surface area contributed by atoms with Crippen molar-refractivity contribution < 1.29 is 18.3 Å². The highest BCUT2D eigenvalue weighted by Gasteiger charge is 2.07. The highest BCUT2D eigenvalue weighted by Crippen LogP contribution is 2.23. The first kappa shape index (κ1) is 17.2. The van der Waals surface area contributed by atoms with Gasteiger partial charge in [-0.2, -0.15) is 8.78 Å². The molecular formula is C16H15BrF2N2O2. The Morgan fingerprint density at radius 1 is 1.22 bits per heavy atom. The number of ether oxygens (including phenoxy) is 1. The molecule has 0 saturated carbocycles. The predicted molar refractivity (Wildman–Crippen MR) is 89.1 cm³/mol. The van der Waals surface area contributed by atoms with E-state index in [0.717, 1.165) is 10.0 Å². The molecule has 122 valence electrons. The van der Waals surface area contributed by atoms with E-state index in [2.05, 4.69) is 31.3 Å². The summed E-state index contributed by atoms with van der Waals surface area (Å²) in [5.74, 6) is -0.152. The van der Waals surface area contributed by atoms with Gasteiger partial charge in [-0.3, -0.25) is 4.79 Å². The van der Waals surface area contributed by atoms with Crippen molar-refractivity contribution in [2.24, 2.45) is 0 Å². The number of hydrogen-bond donors (Lipinski definition) is 2. The lowest BCUT2D eigenvalue weighted by molar-refractivity contribution is -0.114. The molecular weight excluding hydrogens is 370 g/mol. The van der Waals surface area contributed by atoms with Crippen LogP contribution in [0.4, 0.5) is 20.2 Å². The molecule has 0 aliphatic rings. The first-order valence-corrected chi connectivity index (χ1v) is 7.58. The SMILES string of the molecule is Cc1ccc(NC(=O)CNc2ccc(OC(F)F)cc2)c(Br)c1. The van der Waals surface area contributed by atoms with Gasteiger partial charge in [0.2, 0.25) is 5.91 Å². The van der Waals surface area contributed by atoms with Crippen LogP contribution in [0.25, 0.3) is 0 Å². The van der Waals surface area contributed by atoms with Gasteiger partial charge in [0.1, 0.15) is 5.75 Å². The highest BCUT2D eigenvalue weighted by atomic mass is 79.9. The highest BCUT2D eigenvalue weighted by molar-refractivity contribution is 9.10. The van der Waals surface area contributed by atoms with E-state index in [1.54, 1.807) is 12.1 Å². The van der Waals surface area contributed by atoms with Crippen molar-refractivity contribution in [3.63, 3.8) is 0 Å². The van der Waals surface area contributed by atoms with Crippen LogP contribution in [-0.2, 0) is 4.79 Å². The molecule has 23 heavy (non-hydrogen) atoms. The normalized spacial score (nSPS) is 10.5. The maximum Gasteiger partial charge on any atom is 0.387 e. The number of anilines is 2. The van der Waals surface area contributed by atoms with Crippen LogP contribution in [0.2, 0.25) is 0 Å². The van der Waals surface area contributed by atoms with Gasteiger partial charge in [-0.15, -0.1) is 0 Å². The van der Waals surface area contributed by atoms with Crippen LogP contribution in [0.1, 0.15) is 5.56 Å². The summed E-state index contributed by atoms with van der Waals surface area (Å²) in [6, 6.07) is 11.6. The fourth-order valence-electron chi connectivity index (χ4n) is 1.85. The van der Waals surface area contributed by atoms with E-state index in [-0.39, 0.29) is 18.2 Å². The van der Waals surface area contributed by atoms with Gasteiger partial charge >= 0.3 is 6.61 Å². The van der Waals surface area contributed by atoms with Crippen molar-refractivity contribution in [3.8, 4) is 5.75 Å². The van der Waals surface area contributed by atoms with Gasteiger partial charge in [0.15, 0.2) is 0 Å². The predicted octanol–water partition coefficient (Wildman–Crippen LogP) is 4.41. The summed E-state index contributed by atoms with van der Waals surface area (Å²) < 4.78 is 29.1. The lowest BCUT2D eigenvalue weighted by Gasteiger charge is -2.10. The number of aryl methyl sites for hydroxylation is 1. The molecule has 0 saturated heterocycles. The average Bonchev–Trinajstić information content (AvgIpc) is 2.49. The number of halogens is 3. The van der Waals surface area contributed by atoms with Crippen LogP contribution >= 0.6 is 15.9 Å². The Hall–Kier alpha value is -2.15. The van der Waals surface area contributed by atoms with Crippen molar-refractivity contribution in [1.82, 2.24) is 0 Å². The number of carbonyl (C=O) groups is 1. The monoisotopic (exact) mass is 384 g/mol. The minimum Gasteiger partial charge on any atom is -0.435 e. The molecule has 0 aliphatic carbocycles. The van der Waals surface area contributed by atoms with Crippen LogP contribution in [0.15, 0.2) is 46.9 Å². The Morgan fingerprint density at radius 3 is 2.52 bits per heavy atom. The number of amides is 1. The Balaban J connectivity index is 1.86. The Bertz CT molecular complexity index is 678. The Morgan fingerprint density at radius 2 is 1.91 bits per heavy atom. The Kier molecular flexibility index (Phi) is 5.92. The molecule has 0 atom stereocenters. The van der Waals surface area contributed by atoms with Gasteiger partial charge in [0.05, 0.1) is 12.2 Å². The molecule has 0 unspecified atom stereocenters. The molecule has 0 spiro atoms. The fraction of sp³-hybridized carbons (Fsp3) is 0.188. The molecule has 0 aromatic heterocycles. The summed E-state index contributed by atoms with van der Waals surface area (Å²) in [5.41, 5.74) is 2.40. The molecule has 0 fully saturated rings. The van der Waals surface area contributed by atoms with Crippen molar-refractivity contribution in [2.75, 3.05) is 17.2 Å². The minimum atomic E-state index is -2.85. The summed E-state index contributed by atoms with van der Waals surface area (Å²) >= 11 is 3.39. The fourth-order valence-corrected chi connectivity index (χ4v) is 2.44. The average molecular weight is 385 g/mol. The van der Waals surface area contributed by atoms with E-state index in [9.17, 15) is 13.6 Å². The van der Waals surface area contributed by atoms with Crippen molar-refractivity contribution >= 4 is 33.2 Å². The van der Waals surface area contributed by atoms with Gasteiger partial charge in [-0.1, -0.05) is 6.07 Å². The van der Waals surface area contributed by atoms with Crippen LogP contribution in [0.5, 0.6) is 5.75 Å². The van der Waals surface area contributed by atoms with Crippen LogP contribution < -0.4 is 15.4 Å². The summed E-state index contributed by atoms with van der Waals surface area (Å²) in [6.07, 6.45) is 0. The number of alkyl halides is 2. The van der Waals surface area contributed by atoms with E-state index in [0.29, 0.717) is 11.4 Å². The van der Waals surface area contributed by atoms with Crippen LogP contribution in [0.3, 0.4) is 0 Å². The molecule has 7 heteroatoms. The summed E-state index contributed by atoms with van der Waals surface area (Å²) in [6.45, 7) is -0.845. The smallest absolute Gasteiger partial charge is 0.387 e. The summed E-state index contributed by atoms with van der Waals surface area (Å²) in [7, 11) is 0. The van der Waals surface area contributed by atoms with Gasteiger partial charge in [0.25, 0.3) is 0 Å². The summed E-state index contributed by atoms with van der Waals surface area (Å²) in [5, 5.41) is 5.68. The van der Waals surface area contributed by atoms with E-state index in [1.165, 1.54) is 12.1 Å². The number of rotatable bonds is 6. The zero-order chi connectivity index (χ0) is 16.8. The minimum absolute atomic E-state index is 0.0510. The number of hydrogen-bond acceptors (Lipinski definition) is 3. The zero-order valence-corrected chi connectivity index (χ0v) is 13.9. The second-order valence-corrected chi connectivity index (χ2v) is 5.64. The van der Waals surface area contributed by atoms with Crippen molar-refractivity contribution in [2.45, 2.75) is 13.5 Å². The molecule has 2 aromatic carbocycles.